The van der Waals surface area contributed by atoms with E-state index >= 15 is 0 Å². The zero-order valence-corrected chi connectivity index (χ0v) is 27.8. The van der Waals surface area contributed by atoms with Crippen LogP contribution in [0, 0.1) is 0 Å². The Bertz CT molecular complexity index is 2720. The van der Waals surface area contributed by atoms with Crippen molar-refractivity contribution in [1.29, 1.82) is 0 Å². The van der Waals surface area contributed by atoms with Gasteiger partial charge >= 0.3 is 0 Å². The second-order valence-corrected chi connectivity index (χ2v) is 14.3. The number of furan rings is 1. The quantitative estimate of drug-likeness (QED) is 0.191. The van der Waals surface area contributed by atoms with Crippen molar-refractivity contribution in [3.63, 3.8) is 0 Å². The van der Waals surface area contributed by atoms with Crippen molar-refractivity contribution in [3.8, 4) is 56.6 Å². The first-order valence-corrected chi connectivity index (χ1v) is 17.3. The first kappa shape index (κ1) is 28.1. The summed E-state index contributed by atoms with van der Waals surface area (Å²) in [6.45, 7) is 4.60. The van der Waals surface area contributed by atoms with Crippen molar-refractivity contribution < 1.29 is 4.42 Å². The van der Waals surface area contributed by atoms with Gasteiger partial charge in [0.05, 0.1) is 0 Å². The Morgan fingerprint density at radius 1 is 0.510 bits per heavy atom. The molecule has 0 atom stereocenters. The molecule has 0 unspecified atom stereocenters. The van der Waals surface area contributed by atoms with E-state index in [4.69, 9.17) is 19.4 Å². The molecular formula is C44H29N3OS. The molecule has 49 heavy (non-hydrogen) atoms. The Kier molecular flexibility index (Phi) is 6.05. The minimum atomic E-state index is -0.126. The van der Waals surface area contributed by atoms with E-state index in [1.165, 1.54) is 42.4 Å². The molecule has 3 heterocycles. The molecule has 0 amide bonds. The van der Waals surface area contributed by atoms with Gasteiger partial charge < -0.3 is 4.42 Å². The summed E-state index contributed by atoms with van der Waals surface area (Å²) in [5.74, 6) is 2.80. The number of thiophene rings is 1. The maximum Gasteiger partial charge on any atom is 0.164 e. The van der Waals surface area contributed by atoms with Crippen LogP contribution in [0.5, 0.6) is 0 Å². The molecule has 0 radical (unpaired) electrons. The summed E-state index contributed by atoms with van der Waals surface area (Å²) in [7, 11) is 0. The van der Waals surface area contributed by atoms with Gasteiger partial charge in [-0.2, -0.15) is 0 Å². The Hall–Kier alpha value is -5.91. The van der Waals surface area contributed by atoms with E-state index in [0.29, 0.717) is 17.5 Å². The van der Waals surface area contributed by atoms with Gasteiger partial charge in [-0.1, -0.05) is 129 Å². The molecule has 0 spiro atoms. The van der Waals surface area contributed by atoms with Crippen molar-refractivity contribution in [1.82, 2.24) is 15.0 Å². The molecule has 1 aliphatic carbocycles. The zero-order valence-electron chi connectivity index (χ0n) is 26.9. The van der Waals surface area contributed by atoms with Crippen molar-refractivity contribution >= 4 is 42.5 Å². The summed E-state index contributed by atoms with van der Waals surface area (Å²) in [5, 5.41) is 3.61. The van der Waals surface area contributed by atoms with Gasteiger partial charge in [0.2, 0.25) is 0 Å². The Labute approximate surface area is 287 Å². The van der Waals surface area contributed by atoms with E-state index in [-0.39, 0.29) is 5.41 Å². The molecular weight excluding hydrogens is 619 g/mol. The number of para-hydroxylation sites is 1. The second-order valence-electron chi connectivity index (χ2n) is 13.2. The van der Waals surface area contributed by atoms with Gasteiger partial charge in [0.1, 0.15) is 11.3 Å². The Morgan fingerprint density at radius 2 is 1.16 bits per heavy atom. The SMILES string of the molecule is CC1(C)c2ccccc2-c2c(-c3nc(-c4ccc(-c5cc6ccccc6o5)cc4)nc(-c4ccc5c(c4)sc4ccccc45)n3)cccc21. The maximum absolute atomic E-state index is 6.16. The van der Waals surface area contributed by atoms with E-state index in [1.807, 2.05) is 18.2 Å². The molecule has 5 heteroatoms. The molecule has 0 N–H and O–H groups in total. The molecule has 232 valence electrons. The Balaban J connectivity index is 1.15. The van der Waals surface area contributed by atoms with E-state index in [1.54, 1.807) is 11.3 Å². The highest BCUT2D eigenvalue weighted by atomic mass is 32.1. The number of hydrogen-bond acceptors (Lipinski definition) is 5. The summed E-state index contributed by atoms with van der Waals surface area (Å²) in [6, 6.07) is 48.9. The summed E-state index contributed by atoms with van der Waals surface area (Å²) in [5.41, 5.74) is 9.71. The van der Waals surface area contributed by atoms with Gasteiger partial charge in [0.25, 0.3) is 0 Å². The van der Waals surface area contributed by atoms with Gasteiger partial charge in [-0.25, -0.2) is 15.0 Å². The van der Waals surface area contributed by atoms with Gasteiger partial charge in [0, 0.05) is 53.2 Å². The van der Waals surface area contributed by atoms with Gasteiger partial charge in [0.15, 0.2) is 17.5 Å². The Morgan fingerprint density at radius 3 is 2.04 bits per heavy atom. The third kappa shape index (κ3) is 4.39. The predicted octanol–water partition coefficient (Wildman–Crippen LogP) is 12.0. The van der Waals surface area contributed by atoms with Gasteiger partial charge in [-0.3, -0.25) is 0 Å². The number of fused-ring (bicyclic) bond motifs is 7. The van der Waals surface area contributed by atoms with E-state index in [9.17, 15) is 0 Å². The summed E-state index contributed by atoms with van der Waals surface area (Å²) >= 11 is 1.80. The third-order valence-electron chi connectivity index (χ3n) is 9.97. The van der Waals surface area contributed by atoms with E-state index in [2.05, 4.69) is 135 Å². The van der Waals surface area contributed by atoms with Crippen LogP contribution in [0.1, 0.15) is 25.0 Å². The van der Waals surface area contributed by atoms with Crippen LogP contribution in [0.4, 0.5) is 0 Å². The second kappa shape index (κ2) is 10.5. The standard InChI is InChI=1S/C44H29N3OS/c1-44(2)34-14-6-4-12-32(34)40-33(13-9-15-35(40)44)43-46-41(27-20-18-26(19-21-27)37-24-28-10-3-7-16-36(28)48-37)45-42(47-43)29-22-23-31-30-11-5-8-17-38(30)49-39(31)25-29/h3-25H,1-2H3. The topological polar surface area (TPSA) is 51.8 Å². The molecule has 0 saturated heterocycles. The van der Waals surface area contributed by atoms with E-state index in [0.717, 1.165) is 39.0 Å². The van der Waals surface area contributed by atoms with Crippen molar-refractivity contribution in [3.05, 3.63) is 151 Å². The van der Waals surface area contributed by atoms with Crippen molar-refractivity contribution in [2.75, 3.05) is 0 Å². The van der Waals surface area contributed by atoms with Crippen molar-refractivity contribution in [2.24, 2.45) is 0 Å². The molecule has 0 saturated carbocycles. The average Bonchev–Trinajstić information content (AvgIpc) is 3.82. The van der Waals surface area contributed by atoms with Crippen LogP contribution in [0.15, 0.2) is 144 Å². The van der Waals surface area contributed by atoms with Crippen LogP contribution in [0.3, 0.4) is 0 Å². The minimum absolute atomic E-state index is 0.126. The molecule has 3 aromatic heterocycles. The van der Waals surface area contributed by atoms with E-state index < -0.39 is 0 Å². The van der Waals surface area contributed by atoms with Gasteiger partial charge in [-0.15, -0.1) is 11.3 Å². The lowest BCUT2D eigenvalue weighted by atomic mass is 9.82. The largest absolute Gasteiger partial charge is 0.456 e. The highest BCUT2D eigenvalue weighted by Crippen LogP contribution is 2.51. The van der Waals surface area contributed by atoms with Crippen molar-refractivity contribution in [2.45, 2.75) is 19.3 Å². The fourth-order valence-corrected chi connectivity index (χ4v) is 8.61. The molecule has 9 aromatic rings. The molecule has 1 aliphatic rings. The smallest absolute Gasteiger partial charge is 0.164 e. The van der Waals surface area contributed by atoms with Crippen LogP contribution < -0.4 is 0 Å². The number of rotatable bonds is 4. The number of nitrogens with zero attached hydrogens (tertiary/aromatic N) is 3. The normalized spacial score (nSPS) is 13.3. The molecule has 0 bridgehead atoms. The molecule has 4 nitrogen and oxygen atoms in total. The lowest BCUT2D eigenvalue weighted by Gasteiger charge is -2.21. The van der Waals surface area contributed by atoms with Crippen LogP contribution in [0.25, 0.3) is 87.8 Å². The molecule has 6 aromatic carbocycles. The average molecular weight is 648 g/mol. The van der Waals surface area contributed by atoms with Crippen LogP contribution >= 0.6 is 11.3 Å². The number of benzene rings is 6. The minimum Gasteiger partial charge on any atom is -0.456 e. The lowest BCUT2D eigenvalue weighted by Crippen LogP contribution is -2.14. The predicted molar refractivity (Wildman–Crippen MR) is 202 cm³/mol. The highest BCUT2D eigenvalue weighted by Gasteiger charge is 2.37. The van der Waals surface area contributed by atoms with Crippen LogP contribution in [-0.4, -0.2) is 15.0 Å². The molecule has 0 aliphatic heterocycles. The first-order chi connectivity index (χ1) is 24.0. The zero-order chi connectivity index (χ0) is 32.7. The highest BCUT2D eigenvalue weighted by molar-refractivity contribution is 7.25. The van der Waals surface area contributed by atoms with Crippen LogP contribution in [-0.2, 0) is 5.41 Å². The van der Waals surface area contributed by atoms with Crippen LogP contribution in [0.2, 0.25) is 0 Å². The summed E-state index contributed by atoms with van der Waals surface area (Å²) < 4.78 is 8.65. The molecule has 10 rings (SSSR count). The molecule has 0 fully saturated rings. The summed E-state index contributed by atoms with van der Waals surface area (Å²) in [6.07, 6.45) is 0. The number of hydrogen-bond donors (Lipinski definition) is 0. The monoisotopic (exact) mass is 647 g/mol. The fraction of sp³-hybridized carbons (Fsp3) is 0.0682. The third-order valence-corrected chi connectivity index (χ3v) is 11.1. The maximum atomic E-state index is 6.16. The fourth-order valence-electron chi connectivity index (χ4n) is 7.47. The van der Waals surface area contributed by atoms with Gasteiger partial charge in [-0.05, 0) is 46.5 Å². The summed E-state index contributed by atoms with van der Waals surface area (Å²) in [4.78, 5) is 15.5. The first-order valence-electron chi connectivity index (χ1n) is 16.5. The lowest BCUT2D eigenvalue weighted by molar-refractivity contribution is 0.631. The number of aromatic nitrogens is 3.